The van der Waals surface area contributed by atoms with E-state index < -0.39 is 11.9 Å². The molecular weight excluding hydrogens is 311 g/mol. The van der Waals surface area contributed by atoms with Crippen LogP contribution in [0.1, 0.15) is 43.1 Å². The molecule has 0 N–H and O–H groups in total. The molecule has 2 aromatic heterocycles. The number of nitrogens with zero attached hydrogens (tertiary/aromatic N) is 5. The van der Waals surface area contributed by atoms with Crippen molar-refractivity contribution in [3.8, 4) is 0 Å². The highest BCUT2D eigenvalue weighted by molar-refractivity contribution is 5.32. The van der Waals surface area contributed by atoms with Crippen LogP contribution in [0.25, 0.3) is 0 Å². The van der Waals surface area contributed by atoms with Gasteiger partial charge in [0.1, 0.15) is 5.69 Å². The summed E-state index contributed by atoms with van der Waals surface area (Å²) in [7, 11) is 0. The van der Waals surface area contributed by atoms with Crippen LogP contribution in [0.5, 0.6) is 0 Å². The minimum atomic E-state index is -4.48. The summed E-state index contributed by atoms with van der Waals surface area (Å²) in [6, 6.07) is 0.873. The highest BCUT2D eigenvalue weighted by Gasteiger charge is 2.34. The molecule has 3 rings (SSSR count). The number of rotatable bonds is 3. The van der Waals surface area contributed by atoms with Gasteiger partial charge < -0.3 is 9.42 Å². The van der Waals surface area contributed by atoms with Crippen molar-refractivity contribution in [1.29, 1.82) is 0 Å². The van der Waals surface area contributed by atoms with Gasteiger partial charge in [0.2, 0.25) is 11.8 Å². The number of aromatic nitrogens is 4. The van der Waals surface area contributed by atoms with Crippen LogP contribution in [0.2, 0.25) is 0 Å². The largest absolute Gasteiger partial charge is 0.433 e. The van der Waals surface area contributed by atoms with E-state index in [1.807, 2.05) is 6.92 Å². The Kier molecular flexibility index (Phi) is 4.18. The Balaban J connectivity index is 1.78. The van der Waals surface area contributed by atoms with Gasteiger partial charge in [0.05, 0.1) is 0 Å². The third-order valence-electron chi connectivity index (χ3n) is 3.79. The highest BCUT2D eigenvalue weighted by Crippen LogP contribution is 2.30. The van der Waals surface area contributed by atoms with Gasteiger partial charge in [-0.1, -0.05) is 12.1 Å². The first-order chi connectivity index (χ1) is 11.0. The lowest BCUT2D eigenvalue weighted by Gasteiger charge is -2.31. The van der Waals surface area contributed by atoms with Crippen molar-refractivity contribution in [2.24, 2.45) is 0 Å². The Labute approximate surface area is 130 Å². The lowest BCUT2D eigenvalue weighted by molar-refractivity contribution is -0.141. The molecule has 3 heterocycles. The van der Waals surface area contributed by atoms with Crippen LogP contribution in [-0.2, 0) is 12.6 Å². The summed E-state index contributed by atoms with van der Waals surface area (Å²) in [4.78, 5) is 13.7. The normalized spacial score (nSPS) is 19.1. The number of hydrogen-bond acceptors (Lipinski definition) is 6. The number of halogens is 3. The van der Waals surface area contributed by atoms with E-state index in [4.69, 9.17) is 4.52 Å². The van der Waals surface area contributed by atoms with E-state index >= 15 is 0 Å². The fraction of sp³-hybridized carbons (Fsp3) is 0.571. The second kappa shape index (κ2) is 6.13. The predicted molar refractivity (Wildman–Crippen MR) is 74.9 cm³/mol. The maximum atomic E-state index is 12.8. The van der Waals surface area contributed by atoms with Crippen LogP contribution < -0.4 is 4.90 Å². The summed E-state index contributed by atoms with van der Waals surface area (Å²) in [5, 5.41) is 3.96. The molecule has 0 aliphatic carbocycles. The van der Waals surface area contributed by atoms with E-state index in [0.29, 0.717) is 31.2 Å². The fourth-order valence-corrected chi connectivity index (χ4v) is 2.61. The van der Waals surface area contributed by atoms with Crippen molar-refractivity contribution in [2.75, 3.05) is 18.0 Å². The second-order valence-corrected chi connectivity index (χ2v) is 5.42. The Morgan fingerprint density at radius 3 is 2.87 bits per heavy atom. The Morgan fingerprint density at radius 2 is 2.17 bits per heavy atom. The van der Waals surface area contributed by atoms with E-state index in [1.54, 1.807) is 4.90 Å². The zero-order chi connectivity index (χ0) is 16.4. The molecule has 6 nitrogen and oxygen atoms in total. The lowest BCUT2D eigenvalue weighted by Crippen LogP contribution is -2.36. The van der Waals surface area contributed by atoms with Gasteiger partial charge in [-0.2, -0.15) is 18.2 Å². The number of alkyl halides is 3. The van der Waals surface area contributed by atoms with Crippen molar-refractivity contribution < 1.29 is 17.7 Å². The summed E-state index contributed by atoms with van der Waals surface area (Å²) in [6.45, 7) is 3.00. The first-order valence-corrected chi connectivity index (χ1v) is 7.45. The van der Waals surface area contributed by atoms with Crippen LogP contribution in [0.15, 0.2) is 16.8 Å². The van der Waals surface area contributed by atoms with Gasteiger partial charge in [-0.05, 0) is 18.9 Å². The molecule has 0 bridgehead atoms. The average Bonchev–Trinajstić information content (AvgIpc) is 3.03. The van der Waals surface area contributed by atoms with Crippen molar-refractivity contribution in [2.45, 2.75) is 38.3 Å². The molecule has 0 saturated carbocycles. The summed E-state index contributed by atoms with van der Waals surface area (Å²) >= 11 is 0. The van der Waals surface area contributed by atoms with E-state index in [1.165, 1.54) is 0 Å². The minimum absolute atomic E-state index is 0.00550. The molecule has 9 heteroatoms. The molecule has 23 heavy (non-hydrogen) atoms. The number of hydrogen-bond donors (Lipinski definition) is 0. The topological polar surface area (TPSA) is 67.9 Å². The van der Waals surface area contributed by atoms with E-state index in [9.17, 15) is 13.2 Å². The van der Waals surface area contributed by atoms with Crippen LogP contribution in [0, 0.1) is 0 Å². The maximum absolute atomic E-state index is 12.8. The Hall–Kier alpha value is -2.19. The highest BCUT2D eigenvalue weighted by atomic mass is 19.4. The smallest absolute Gasteiger partial charge is 0.340 e. The quantitative estimate of drug-likeness (QED) is 0.863. The van der Waals surface area contributed by atoms with Crippen molar-refractivity contribution in [3.05, 3.63) is 29.7 Å². The SMILES string of the molecule is CCc1nc([C@H]2CCCN(c3nccc(C(F)(F)F)n3)C2)no1. The molecule has 1 atom stereocenters. The number of anilines is 1. The van der Waals surface area contributed by atoms with Crippen LogP contribution in [-0.4, -0.2) is 33.2 Å². The molecule has 124 valence electrons. The van der Waals surface area contributed by atoms with Crippen molar-refractivity contribution in [3.63, 3.8) is 0 Å². The van der Waals surface area contributed by atoms with Gasteiger partial charge in [-0.15, -0.1) is 0 Å². The summed E-state index contributed by atoms with van der Waals surface area (Å²) in [5.41, 5.74) is -0.933. The van der Waals surface area contributed by atoms with Crippen LogP contribution in [0.4, 0.5) is 19.1 Å². The molecule has 0 amide bonds. The molecule has 0 aromatic carbocycles. The molecule has 1 aliphatic rings. The van der Waals surface area contributed by atoms with E-state index in [-0.39, 0.29) is 11.9 Å². The Bertz CT molecular complexity index is 672. The monoisotopic (exact) mass is 327 g/mol. The standard InChI is InChI=1S/C14H16F3N5O/c1-2-11-20-12(21-23-11)9-4-3-7-22(8-9)13-18-6-5-10(19-13)14(15,16)17/h5-6,9H,2-4,7-8H2,1H3/t9-/m0/s1. The average molecular weight is 327 g/mol. The van der Waals surface area contributed by atoms with Gasteiger partial charge >= 0.3 is 6.18 Å². The predicted octanol–water partition coefficient (Wildman–Crippen LogP) is 2.82. The minimum Gasteiger partial charge on any atom is -0.340 e. The van der Waals surface area contributed by atoms with Crippen LogP contribution >= 0.6 is 0 Å². The molecule has 0 spiro atoms. The maximum Gasteiger partial charge on any atom is 0.433 e. The number of aryl methyl sites for hydroxylation is 1. The zero-order valence-corrected chi connectivity index (χ0v) is 12.5. The van der Waals surface area contributed by atoms with Gasteiger partial charge in [0.15, 0.2) is 5.82 Å². The van der Waals surface area contributed by atoms with Crippen LogP contribution in [0.3, 0.4) is 0 Å². The van der Waals surface area contributed by atoms with Gasteiger partial charge in [0, 0.05) is 31.6 Å². The summed E-state index contributed by atoms with van der Waals surface area (Å²) in [5.74, 6) is 1.25. The van der Waals surface area contributed by atoms with E-state index in [2.05, 4.69) is 20.1 Å². The molecule has 2 aromatic rings. The number of piperidine rings is 1. The lowest BCUT2D eigenvalue weighted by atomic mass is 9.97. The van der Waals surface area contributed by atoms with Crippen molar-refractivity contribution >= 4 is 5.95 Å². The summed E-state index contributed by atoms with van der Waals surface area (Å²) in [6.07, 6.45) is -1.02. The molecular formula is C14H16F3N5O. The zero-order valence-electron chi connectivity index (χ0n) is 12.5. The van der Waals surface area contributed by atoms with E-state index in [0.717, 1.165) is 25.1 Å². The van der Waals surface area contributed by atoms with Gasteiger partial charge in [-0.25, -0.2) is 9.97 Å². The second-order valence-electron chi connectivity index (χ2n) is 5.42. The van der Waals surface area contributed by atoms with Gasteiger partial charge in [0.25, 0.3) is 0 Å². The fourth-order valence-electron chi connectivity index (χ4n) is 2.61. The summed E-state index contributed by atoms with van der Waals surface area (Å²) < 4.78 is 43.4. The first kappa shape index (κ1) is 15.7. The first-order valence-electron chi connectivity index (χ1n) is 7.45. The Morgan fingerprint density at radius 1 is 1.35 bits per heavy atom. The molecule has 0 radical (unpaired) electrons. The third-order valence-corrected chi connectivity index (χ3v) is 3.79. The molecule has 1 aliphatic heterocycles. The molecule has 0 unspecified atom stereocenters. The van der Waals surface area contributed by atoms with Gasteiger partial charge in [-0.3, -0.25) is 0 Å². The molecule has 1 fully saturated rings. The third kappa shape index (κ3) is 3.43. The van der Waals surface area contributed by atoms with Crippen molar-refractivity contribution in [1.82, 2.24) is 20.1 Å². The molecule has 1 saturated heterocycles.